The molecule has 0 saturated heterocycles. The van der Waals surface area contributed by atoms with Crippen LogP contribution in [0.25, 0.3) is 0 Å². The quantitative estimate of drug-likeness (QED) is 0.795. The predicted octanol–water partition coefficient (Wildman–Crippen LogP) is 0.777. The van der Waals surface area contributed by atoms with Gasteiger partial charge in [-0.1, -0.05) is 13.8 Å². The molecule has 2 N–H and O–H groups in total. The van der Waals surface area contributed by atoms with Gasteiger partial charge in [-0.15, -0.1) is 0 Å². The highest BCUT2D eigenvalue weighted by molar-refractivity contribution is 5.77. The Balaban J connectivity index is 2.78. The van der Waals surface area contributed by atoms with Gasteiger partial charge in [-0.05, 0) is 13.8 Å². The van der Waals surface area contributed by atoms with E-state index >= 15 is 0 Å². The molecule has 16 heavy (non-hydrogen) atoms. The molecule has 5 nitrogen and oxygen atoms in total. The topological polar surface area (TPSA) is 66.9 Å². The lowest BCUT2D eigenvalue weighted by Gasteiger charge is -2.05. The van der Waals surface area contributed by atoms with Crippen molar-refractivity contribution in [3.8, 4) is 0 Å². The summed E-state index contributed by atoms with van der Waals surface area (Å²) in [7, 11) is 0. The summed E-state index contributed by atoms with van der Waals surface area (Å²) in [4.78, 5) is 23.2. The summed E-state index contributed by atoms with van der Waals surface area (Å²) in [6.07, 6.45) is 0. The largest absolute Gasteiger partial charge is 0.352 e. The van der Waals surface area contributed by atoms with E-state index in [1.54, 1.807) is 0 Å². The first kappa shape index (κ1) is 12.5. The van der Waals surface area contributed by atoms with Crippen LogP contribution in [0, 0.1) is 12.8 Å². The summed E-state index contributed by atoms with van der Waals surface area (Å²) >= 11 is 0. The molecule has 1 aromatic heterocycles. The summed E-state index contributed by atoms with van der Waals surface area (Å²) in [6, 6.07) is 0. The van der Waals surface area contributed by atoms with Gasteiger partial charge in [0.05, 0.1) is 12.1 Å². The third-order valence-corrected chi connectivity index (χ3v) is 2.54. The second kappa shape index (κ2) is 5.01. The maximum Gasteiger partial charge on any atom is 0.271 e. The van der Waals surface area contributed by atoms with Gasteiger partial charge in [-0.25, -0.2) is 0 Å². The van der Waals surface area contributed by atoms with Gasteiger partial charge in [0.15, 0.2) is 0 Å². The molecule has 0 aliphatic heterocycles. The van der Waals surface area contributed by atoms with E-state index in [-0.39, 0.29) is 17.4 Å². The summed E-state index contributed by atoms with van der Waals surface area (Å²) in [5.74, 6) is -0.101. The molecule has 0 fully saturated rings. The number of hydrogen-bond acceptors (Lipinski definition) is 2. The molecule has 0 aliphatic carbocycles. The van der Waals surface area contributed by atoms with Gasteiger partial charge in [0.2, 0.25) is 5.91 Å². The van der Waals surface area contributed by atoms with Crippen molar-refractivity contribution >= 4 is 5.91 Å². The molecule has 0 radical (unpaired) electrons. The molecule has 0 atom stereocenters. The number of hydrogen-bond donors (Lipinski definition) is 2. The van der Waals surface area contributed by atoms with Crippen molar-refractivity contribution in [1.29, 1.82) is 0 Å². The number of aryl methyl sites for hydroxylation is 2. The summed E-state index contributed by atoms with van der Waals surface area (Å²) in [6.45, 7) is 8.29. The normalized spacial score (nSPS) is 10.8. The lowest BCUT2D eigenvalue weighted by molar-refractivity contribution is -0.124. The number of amides is 1. The van der Waals surface area contributed by atoms with Crippen LogP contribution in [-0.4, -0.2) is 15.7 Å². The van der Waals surface area contributed by atoms with Crippen LogP contribution in [0.2, 0.25) is 0 Å². The van der Waals surface area contributed by atoms with Crippen LogP contribution in [0.5, 0.6) is 0 Å². The minimum absolute atomic E-state index is 0.0388. The standard InChI is InChI=1S/C11H19N3O2/c1-5-14-11(16)9(8(4)13-14)6-12-10(15)7(2)3/h7,13H,5-6H2,1-4H3,(H,12,15). The Labute approximate surface area is 94.8 Å². The highest BCUT2D eigenvalue weighted by atomic mass is 16.2. The number of aromatic nitrogens is 2. The van der Waals surface area contributed by atoms with Gasteiger partial charge in [0, 0.05) is 18.2 Å². The Morgan fingerprint density at radius 3 is 2.56 bits per heavy atom. The highest BCUT2D eigenvalue weighted by Crippen LogP contribution is 2.00. The van der Waals surface area contributed by atoms with Crippen LogP contribution in [0.15, 0.2) is 4.79 Å². The zero-order chi connectivity index (χ0) is 12.3. The predicted molar refractivity (Wildman–Crippen MR) is 62.1 cm³/mol. The molecule has 1 heterocycles. The van der Waals surface area contributed by atoms with Gasteiger partial charge in [-0.2, -0.15) is 0 Å². The molecular weight excluding hydrogens is 206 g/mol. The van der Waals surface area contributed by atoms with E-state index in [0.29, 0.717) is 18.7 Å². The maximum atomic E-state index is 11.8. The Bertz CT molecular complexity index is 429. The van der Waals surface area contributed by atoms with Crippen molar-refractivity contribution in [2.45, 2.75) is 40.8 Å². The molecule has 0 aliphatic rings. The molecule has 0 saturated carbocycles. The number of nitrogens with one attached hydrogen (secondary N) is 2. The first-order valence-corrected chi connectivity index (χ1v) is 5.53. The molecule has 1 rings (SSSR count). The third kappa shape index (κ3) is 2.53. The van der Waals surface area contributed by atoms with Crippen LogP contribution in [-0.2, 0) is 17.9 Å². The minimum atomic E-state index is -0.0624. The number of nitrogens with zero attached hydrogens (tertiary/aromatic N) is 1. The van der Waals surface area contributed by atoms with Crippen LogP contribution in [0.1, 0.15) is 32.0 Å². The Hall–Kier alpha value is -1.52. The first-order chi connectivity index (χ1) is 7.47. The van der Waals surface area contributed by atoms with Crippen LogP contribution in [0.4, 0.5) is 0 Å². The zero-order valence-corrected chi connectivity index (χ0v) is 10.3. The monoisotopic (exact) mass is 225 g/mol. The fourth-order valence-electron chi connectivity index (χ4n) is 1.45. The number of carbonyl (C=O) groups is 1. The van der Waals surface area contributed by atoms with E-state index in [0.717, 1.165) is 5.69 Å². The number of rotatable bonds is 4. The average molecular weight is 225 g/mol. The van der Waals surface area contributed by atoms with Gasteiger partial charge >= 0.3 is 0 Å². The fraction of sp³-hybridized carbons (Fsp3) is 0.636. The molecule has 1 aromatic rings. The van der Waals surface area contributed by atoms with E-state index in [4.69, 9.17) is 0 Å². The Morgan fingerprint density at radius 2 is 2.12 bits per heavy atom. The summed E-state index contributed by atoms with van der Waals surface area (Å²) in [5, 5.41) is 5.71. The van der Waals surface area contributed by atoms with Crippen molar-refractivity contribution in [1.82, 2.24) is 15.1 Å². The van der Waals surface area contributed by atoms with Crippen molar-refractivity contribution in [3.05, 3.63) is 21.6 Å². The van der Waals surface area contributed by atoms with Crippen LogP contribution in [0.3, 0.4) is 0 Å². The third-order valence-electron chi connectivity index (χ3n) is 2.54. The molecule has 90 valence electrons. The van der Waals surface area contributed by atoms with E-state index in [1.807, 2.05) is 27.7 Å². The average Bonchev–Trinajstić information content (AvgIpc) is 2.51. The van der Waals surface area contributed by atoms with Gasteiger partial charge in [-0.3, -0.25) is 19.4 Å². The van der Waals surface area contributed by atoms with Crippen molar-refractivity contribution in [2.75, 3.05) is 0 Å². The van der Waals surface area contributed by atoms with Gasteiger partial charge in [0.1, 0.15) is 0 Å². The number of H-pyrrole nitrogens is 1. The van der Waals surface area contributed by atoms with Crippen LogP contribution >= 0.6 is 0 Å². The highest BCUT2D eigenvalue weighted by Gasteiger charge is 2.12. The second-order valence-electron chi connectivity index (χ2n) is 4.14. The van der Waals surface area contributed by atoms with Crippen molar-refractivity contribution < 1.29 is 4.79 Å². The molecule has 5 heteroatoms. The van der Waals surface area contributed by atoms with E-state index in [9.17, 15) is 9.59 Å². The van der Waals surface area contributed by atoms with Crippen LogP contribution < -0.4 is 10.9 Å². The molecule has 0 aromatic carbocycles. The van der Waals surface area contributed by atoms with Crippen molar-refractivity contribution in [3.63, 3.8) is 0 Å². The van der Waals surface area contributed by atoms with E-state index in [2.05, 4.69) is 10.4 Å². The molecule has 0 bridgehead atoms. The van der Waals surface area contributed by atoms with E-state index in [1.165, 1.54) is 4.68 Å². The van der Waals surface area contributed by atoms with E-state index < -0.39 is 0 Å². The maximum absolute atomic E-state index is 11.8. The molecular formula is C11H19N3O2. The van der Waals surface area contributed by atoms with Gasteiger partial charge in [0.25, 0.3) is 5.56 Å². The molecule has 0 spiro atoms. The number of aromatic amines is 1. The lowest BCUT2D eigenvalue weighted by Crippen LogP contribution is -2.30. The SMILES string of the molecule is CCn1[nH]c(C)c(CNC(=O)C(C)C)c1=O. The van der Waals surface area contributed by atoms with Crippen molar-refractivity contribution in [2.24, 2.45) is 5.92 Å². The zero-order valence-electron chi connectivity index (χ0n) is 10.3. The Morgan fingerprint density at radius 1 is 1.50 bits per heavy atom. The minimum Gasteiger partial charge on any atom is -0.352 e. The second-order valence-corrected chi connectivity index (χ2v) is 4.14. The first-order valence-electron chi connectivity index (χ1n) is 5.53. The molecule has 1 amide bonds. The smallest absolute Gasteiger partial charge is 0.271 e. The Kier molecular flexibility index (Phi) is 3.93. The van der Waals surface area contributed by atoms with Gasteiger partial charge < -0.3 is 5.32 Å². The fourth-order valence-corrected chi connectivity index (χ4v) is 1.45. The lowest BCUT2D eigenvalue weighted by atomic mass is 10.2. The molecule has 0 unspecified atom stereocenters. The number of carbonyl (C=O) groups excluding carboxylic acids is 1. The summed E-state index contributed by atoms with van der Waals surface area (Å²) in [5.41, 5.74) is 1.40. The summed E-state index contributed by atoms with van der Waals surface area (Å²) < 4.78 is 1.53.